The van der Waals surface area contributed by atoms with Crippen molar-refractivity contribution in [3.63, 3.8) is 0 Å². The number of hydrogen-bond donors (Lipinski definition) is 0. The zero-order valence-corrected chi connectivity index (χ0v) is 15.3. The quantitative estimate of drug-likeness (QED) is 0.679. The molecular weight excluding hydrogens is 380 g/mol. The van der Waals surface area contributed by atoms with E-state index in [1.54, 1.807) is 40.2 Å². The highest BCUT2D eigenvalue weighted by atomic mass is 19.2. The van der Waals surface area contributed by atoms with Crippen LogP contribution in [0.4, 0.5) is 8.78 Å². The molecule has 4 rings (SSSR count). The van der Waals surface area contributed by atoms with Gasteiger partial charge in [-0.2, -0.15) is 5.10 Å². The van der Waals surface area contributed by atoms with Crippen molar-refractivity contribution in [2.75, 3.05) is 26.2 Å². The normalized spacial score (nSPS) is 14.1. The van der Waals surface area contributed by atoms with Gasteiger partial charge < -0.3 is 9.80 Å². The van der Waals surface area contributed by atoms with Gasteiger partial charge in [-0.1, -0.05) is 0 Å². The zero-order valence-electron chi connectivity index (χ0n) is 15.3. The number of pyridine rings is 1. The van der Waals surface area contributed by atoms with Gasteiger partial charge in [-0.05, 0) is 36.4 Å². The average molecular weight is 397 g/mol. The summed E-state index contributed by atoms with van der Waals surface area (Å²) in [7, 11) is 0. The number of nitrogens with zero attached hydrogens (tertiary/aromatic N) is 5. The number of halogens is 2. The molecule has 0 spiro atoms. The van der Waals surface area contributed by atoms with Gasteiger partial charge in [0.1, 0.15) is 0 Å². The monoisotopic (exact) mass is 397 g/mol. The molecule has 9 heteroatoms. The number of carbonyl (C=O) groups excluding carboxylic acids is 2. The molecule has 0 bridgehead atoms. The summed E-state index contributed by atoms with van der Waals surface area (Å²) in [6.07, 6.45) is 4.90. The smallest absolute Gasteiger partial charge is 0.255 e. The Morgan fingerprint density at radius 2 is 1.52 bits per heavy atom. The Bertz CT molecular complexity index is 1030. The lowest BCUT2D eigenvalue weighted by Crippen LogP contribution is -2.50. The van der Waals surface area contributed by atoms with Gasteiger partial charge in [-0.15, -0.1) is 0 Å². The third kappa shape index (κ3) is 3.84. The van der Waals surface area contributed by atoms with Gasteiger partial charge in [0.2, 0.25) is 0 Å². The summed E-state index contributed by atoms with van der Waals surface area (Å²) in [6.45, 7) is 1.30. The lowest BCUT2D eigenvalue weighted by molar-refractivity contribution is 0.0535. The fourth-order valence-electron chi connectivity index (χ4n) is 3.16. The van der Waals surface area contributed by atoms with Crippen LogP contribution >= 0.6 is 0 Å². The van der Waals surface area contributed by atoms with Gasteiger partial charge in [0.15, 0.2) is 17.5 Å². The van der Waals surface area contributed by atoms with Crippen LogP contribution in [0, 0.1) is 11.6 Å². The van der Waals surface area contributed by atoms with Crippen molar-refractivity contribution in [3.05, 3.63) is 77.8 Å². The third-order valence-corrected chi connectivity index (χ3v) is 4.75. The predicted molar refractivity (Wildman–Crippen MR) is 99.5 cm³/mol. The van der Waals surface area contributed by atoms with Crippen LogP contribution in [0.3, 0.4) is 0 Å². The van der Waals surface area contributed by atoms with Crippen LogP contribution in [0.15, 0.2) is 55.0 Å². The summed E-state index contributed by atoms with van der Waals surface area (Å²) in [5, 5.41) is 4.09. The second-order valence-electron chi connectivity index (χ2n) is 6.57. The molecule has 2 amide bonds. The molecule has 3 heterocycles. The van der Waals surface area contributed by atoms with Crippen LogP contribution in [0.2, 0.25) is 0 Å². The number of hydrogen-bond acceptors (Lipinski definition) is 4. The minimum absolute atomic E-state index is 0.0853. The molecule has 1 fully saturated rings. The van der Waals surface area contributed by atoms with E-state index in [0.29, 0.717) is 37.6 Å². The van der Waals surface area contributed by atoms with Crippen LogP contribution in [0.25, 0.3) is 5.82 Å². The highest BCUT2D eigenvalue weighted by Crippen LogP contribution is 2.15. The summed E-state index contributed by atoms with van der Waals surface area (Å²) in [5.41, 5.74) is 0.531. The molecule has 1 aliphatic heterocycles. The van der Waals surface area contributed by atoms with E-state index < -0.39 is 11.6 Å². The van der Waals surface area contributed by atoms with Crippen molar-refractivity contribution in [1.82, 2.24) is 24.6 Å². The minimum atomic E-state index is -1.06. The van der Waals surface area contributed by atoms with Crippen molar-refractivity contribution in [2.24, 2.45) is 0 Å². The molecule has 148 valence electrons. The molecule has 0 saturated carbocycles. The van der Waals surface area contributed by atoms with E-state index in [-0.39, 0.29) is 17.4 Å². The number of amides is 2. The molecule has 2 aromatic heterocycles. The molecule has 1 aromatic carbocycles. The Balaban J connectivity index is 1.38. The van der Waals surface area contributed by atoms with Crippen molar-refractivity contribution in [3.8, 4) is 5.82 Å². The van der Waals surface area contributed by atoms with Crippen molar-refractivity contribution in [1.29, 1.82) is 0 Å². The summed E-state index contributed by atoms with van der Waals surface area (Å²) >= 11 is 0. The van der Waals surface area contributed by atoms with Crippen LogP contribution in [0.1, 0.15) is 20.7 Å². The number of carbonyl (C=O) groups is 2. The molecule has 0 aliphatic carbocycles. The van der Waals surface area contributed by atoms with E-state index in [1.165, 1.54) is 17.2 Å². The van der Waals surface area contributed by atoms with Crippen LogP contribution < -0.4 is 0 Å². The SMILES string of the molecule is O=C(c1ccc(-n2cccn2)nc1)N1CCN(C(=O)c2ccc(F)c(F)c2)CC1. The molecule has 0 unspecified atom stereocenters. The first-order valence-corrected chi connectivity index (χ1v) is 9.02. The van der Waals surface area contributed by atoms with Gasteiger partial charge in [0, 0.05) is 50.3 Å². The Morgan fingerprint density at radius 3 is 2.07 bits per heavy atom. The lowest BCUT2D eigenvalue weighted by atomic mass is 10.1. The van der Waals surface area contributed by atoms with Gasteiger partial charge in [-0.3, -0.25) is 9.59 Å². The maximum Gasteiger partial charge on any atom is 0.255 e. The Morgan fingerprint density at radius 1 is 0.862 bits per heavy atom. The van der Waals surface area contributed by atoms with Gasteiger partial charge >= 0.3 is 0 Å². The Hall–Kier alpha value is -3.62. The van der Waals surface area contributed by atoms with Crippen LogP contribution in [-0.2, 0) is 0 Å². The summed E-state index contributed by atoms with van der Waals surface area (Å²) in [4.78, 5) is 32.6. The van der Waals surface area contributed by atoms with Crippen molar-refractivity contribution >= 4 is 11.8 Å². The standard InChI is InChI=1S/C20H17F2N5O2/c21-16-4-2-14(12-17(16)22)19(28)25-8-10-26(11-9-25)20(29)15-3-5-18(23-13-15)27-7-1-6-24-27/h1-7,12-13H,8-11H2. The first-order valence-electron chi connectivity index (χ1n) is 9.02. The molecule has 0 radical (unpaired) electrons. The topological polar surface area (TPSA) is 71.3 Å². The first-order chi connectivity index (χ1) is 14.0. The number of aromatic nitrogens is 3. The van der Waals surface area contributed by atoms with E-state index in [1.807, 2.05) is 0 Å². The average Bonchev–Trinajstić information content (AvgIpc) is 3.30. The molecular formula is C20H17F2N5O2. The minimum Gasteiger partial charge on any atom is -0.335 e. The first kappa shape index (κ1) is 18.7. The van der Waals surface area contributed by atoms with Crippen LogP contribution in [-0.4, -0.2) is 62.6 Å². The maximum atomic E-state index is 13.4. The van der Waals surface area contributed by atoms with Gasteiger partial charge in [0.05, 0.1) is 5.56 Å². The van der Waals surface area contributed by atoms with E-state index in [4.69, 9.17) is 0 Å². The van der Waals surface area contributed by atoms with E-state index in [0.717, 1.165) is 12.1 Å². The summed E-state index contributed by atoms with van der Waals surface area (Å²) in [6, 6.07) is 8.26. The zero-order chi connectivity index (χ0) is 20.4. The highest BCUT2D eigenvalue weighted by Gasteiger charge is 2.26. The molecule has 0 N–H and O–H groups in total. The predicted octanol–water partition coefficient (Wildman–Crippen LogP) is 2.14. The third-order valence-electron chi connectivity index (χ3n) is 4.75. The highest BCUT2D eigenvalue weighted by molar-refractivity contribution is 5.95. The van der Waals surface area contributed by atoms with Crippen LogP contribution in [0.5, 0.6) is 0 Å². The second-order valence-corrected chi connectivity index (χ2v) is 6.57. The van der Waals surface area contributed by atoms with Gasteiger partial charge in [-0.25, -0.2) is 18.4 Å². The molecule has 3 aromatic rings. The molecule has 1 aliphatic rings. The molecule has 1 saturated heterocycles. The lowest BCUT2D eigenvalue weighted by Gasteiger charge is -2.34. The fourth-order valence-corrected chi connectivity index (χ4v) is 3.16. The Kier molecular flexibility index (Phi) is 5.03. The summed E-state index contributed by atoms with van der Waals surface area (Å²) in [5.74, 6) is -2.01. The maximum absolute atomic E-state index is 13.4. The number of rotatable bonds is 3. The van der Waals surface area contributed by atoms with Gasteiger partial charge in [0.25, 0.3) is 11.8 Å². The second kappa shape index (κ2) is 7.78. The van der Waals surface area contributed by atoms with Crippen molar-refractivity contribution in [2.45, 2.75) is 0 Å². The molecule has 29 heavy (non-hydrogen) atoms. The van der Waals surface area contributed by atoms with E-state index >= 15 is 0 Å². The summed E-state index contributed by atoms with van der Waals surface area (Å²) < 4.78 is 28.0. The molecule has 0 atom stereocenters. The van der Waals surface area contributed by atoms with E-state index in [9.17, 15) is 18.4 Å². The number of benzene rings is 1. The largest absolute Gasteiger partial charge is 0.335 e. The van der Waals surface area contributed by atoms with E-state index in [2.05, 4.69) is 10.1 Å². The molecule has 7 nitrogen and oxygen atoms in total. The number of piperazine rings is 1. The Labute approximate surface area is 165 Å². The van der Waals surface area contributed by atoms with Crippen molar-refractivity contribution < 1.29 is 18.4 Å². The fraction of sp³-hybridized carbons (Fsp3) is 0.200.